The number of rotatable bonds is 4. The van der Waals surface area contributed by atoms with Gasteiger partial charge in [-0.2, -0.15) is 0 Å². The van der Waals surface area contributed by atoms with E-state index in [-0.39, 0.29) is 0 Å². The molecule has 0 atom stereocenters. The van der Waals surface area contributed by atoms with E-state index in [0.717, 1.165) is 5.70 Å². The molecule has 14 heavy (non-hydrogen) atoms. The zero-order chi connectivity index (χ0) is 11.1. The van der Waals surface area contributed by atoms with Crippen LogP contribution in [0.4, 0.5) is 0 Å². The highest BCUT2D eigenvalue weighted by molar-refractivity contribution is 5.84. The van der Waals surface area contributed by atoms with E-state index in [1.165, 1.54) is 11.3 Å². The van der Waals surface area contributed by atoms with Gasteiger partial charge in [0.2, 0.25) is 0 Å². The molecule has 0 N–H and O–H groups in total. The molecule has 0 aromatic heterocycles. The fraction of sp³-hybridized carbons (Fsp3) is 0.462. The third-order valence-electron chi connectivity index (χ3n) is 2.23. The molecular weight excluding hydrogens is 170 g/mol. The summed E-state index contributed by atoms with van der Waals surface area (Å²) in [4.78, 5) is 4.54. The SMILES string of the molecule is C=C/C=C\C(C)=C(/C)N=C(C)C(C)C. The first-order chi connectivity index (χ1) is 6.49. The summed E-state index contributed by atoms with van der Waals surface area (Å²) in [5, 5.41) is 0. The van der Waals surface area contributed by atoms with Crippen molar-refractivity contribution >= 4 is 5.71 Å². The maximum Gasteiger partial charge on any atom is 0.0401 e. The van der Waals surface area contributed by atoms with E-state index in [1.807, 2.05) is 19.1 Å². The first kappa shape index (κ1) is 12.9. The van der Waals surface area contributed by atoms with Crippen molar-refractivity contribution in [3.05, 3.63) is 36.1 Å². The molecule has 0 aliphatic rings. The second-order valence-electron chi connectivity index (χ2n) is 3.77. The Labute approximate surface area is 87.9 Å². The molecule has 0 spiro atoms. The molecule has 1 heteroatoms. The van der Waals surface area contributed by atoms with E-state index in [1.54, 1.807) is 6.08 Å². The van der Waals surface area contributed by atoms with Crippen molar-refractivity contribution in [1.29, 1.82) is 0 Å². The maximum absolute atomic E-state index is 4.54. The van der Waals surface area contributed by atoms with E-state index >= 15 is 0 Å². The molecule has 0 heterocycles. The third kappa shape index (κ3) is 4.80. The number of aliphatic imine (C=N–C) groups is 1. The molecule has 0 aliphatic heterocycles. The van der Waals surface area contributed by atoms with Crippen LogP contribution in [0.25, 0.3) is 0 Å². The predicted molar refractivity (Wildman–Crippen MR) is 65.7 cm³/mol. The minimum absolute atomic E-state index is 0.515. The van der Waals surface area contributed by atoms with Crippen molar-refractivity contribution in [1.82, 2.24) is 0 Å². The van der Waals surface area contributed by atoms with Gasteiger partial charge in [0, 0.05) is 11.4 Å². The Morgan fingerprint density at radius 1 is 1.21 bits per heavy atom. The molecule has 0 bridgehead atoms. The Morgan fingerprint density at radius 2 is 1.79 bits per heavy atom. The number of hydrogen-bond acceptors (Lipinski definition) is 1. The second-order valence-corrected chi connectivity index (χ2v) is 3.77. The van der Waals surface area contributed by atoms with Gasteiger partial charge in [0.15, 0.2) is 0 Å². The standard InChI is InChI=1S/C13H21N/c1-7-8-9-11(4)13(6)14-12(5)10(2)3/h7-10H,1H2,2-6H3/b9-8-,13-11+,14-12?. The zero-order valence-corrected chi connectivity index (χ0v) is 9.96. The highest BCUT2D eigenvalue weighted by atomic mass is 14.7. The highest BCUT2D eigenvalue weighted by Crippen LogP contribution is 2.09. The molecule has 0 unspecified atom stereocenters. The molecule has 0 amide bonds. The van der Waals surface area contributed by atoms with Crippen molar-refractivity contribution in [2.75, 3.05) is 0 Å². The Morgan fingerprint density at radius 3 is 2.21 bits per heavy atom. The number of nitrogens with zero attached hydrogens (tertiary/aromatic N) is 1. The number of hydrogen-bond donors (Lipinski definition) is 0. The van der Waals surface area contributed by atoms with Gasteiger partial charge in [-0.3, -0.25) is 4.99 Å². The van der Waals surface area contributed by atoms with E-state index in [4.69, 9.17) is 0 Å². The molecular formula is C13H21N. The minimum atomic E-state index is 0.515. The van der Waals surface area contributed by atoms with Crippen LogP contribution in [0.3, 0.4) is 0 Å². The fourth-order valence-corrected chi connectivity index (χ4v) is 0.815. The van der Waals surface area contributed by atoms with E-state index in [9.17, 15) is 0 Å². The van der Waals surface area contributed by atoms with E-state index in [0.29, 0.717) is 5.92 Å². The topological polar surface area (TPSA) is 12.4 Å². The van der Waals surface area contributed by atoms with Crippen LogP contribution in [-0.2, 0) is 0 Å². The van der Waals surface area contributed by atoms with Crippen LogP contribution in [0.1, 0.15) is 34.6 Å². The van der Waals surface area contributed by atoms with Gasteiger partial charge >= 0.3 is 0 Å². The van der Waals surface area contributed by atoms with Crippen molar-refractivity contribution in [2.45, 2.75) is 34.6 Å². The summed E-state index contributed by atoms with van der Waals surface area (Å²) in [7, 11) is 0. The van der Waals surface area contributed by atoms with Crippen molar-refractivity contribution in [3.8, 4) is 0 Å². The smallest absolute Gasteiger partial charge is 0.0401 e. The van der Waals surface area contributed by atoms with E-state index < -0.39 is 0 Å². The quantitative estimate of drug-likeness (QED) is 0.468. The summed E-state index contributed by atoms with van der Waals surface area (Å²) in [6.07, 6.45) is 5.73. The Kier molecular flexibility index (Phi) is 5.86. The van der Waals surface area contributed by atoms with Gasteiger partial charge in [-0.25, -0.2) is 0 Å². The normalized spacial score (nSPS) is 14.9. The Bertz CT molecular complexity index is 278. The lowest BCUT2D eigenvalue weighted by molar-refractivity contribution is 0.874. The van der Waals surface area contributed by atoms with Gasteiger partial charge in [-0.1, -0.05) is 38.7 Å². The molecule has 1 nitrogen and oxygen atoms in total. The summed E-state index contributed by atoms with van der Waals surface area (Å²) in [5.41, 5.74) is 3.44. The monoisotopic (exact) mass is 191 g/mol. The maximum atomic E-state index is 4.54. The molecule has 0 saturated heterocycles. The van der Waals surface area contributed by atoms with Gasteiger partial charge in [0.1, 0.15) is 0 Å². The van der Waals surface area contributed by atoms with Crippen LogP contribution in [0.15, 0.2) is 41.1 Å². The summed E-state index contributed by atoms with van der Waals surface area (Å²) >= 11 is 0. The molecule has 0 fully saturated rings. The largest absolute Gasteiger partial charge is 0.262 e. The van der Waals surface area contributed by atoms with Crippen molar-refractivity contribution in [3.63, 3.8) is 0 Å². The summed E-state index contributed by atoms with van der Waals surface area (Å²) < 4.78 is 0. The predicted octanol–water partition coefficient (Wildman–Crippen LogP) is 4.14. The van der Waals surface area contributed by atoms with Crippen LogP contribution >= 0.6 is 0 Å². The van der Waals surface area contributed by atoms with Gasteiger partial charge in [0.25, 0.3) is 0 Å². The first-order valence-corrected chi connectivity index (χ1v) is 5.00. The van der Waals surface area contributed by atoms with Gasteiger partial charge < -0.3 is 0 Å². The molecule has 0 aliphatic carbocycles. The second kappa shape index (κ2) is 6.36. The zero-order valence-electron chi connectivity index (χ0n) is 9.96. The summed E-state index contributed by atoms with van der Waals surface area (Å²) in [6.45, 7) is 14.1. The molecule has 0 rings (SSSR count). The van der Waals surface area contributed by atoms with Crippen LogP contribution in [0, 0.1) is 5.92 Å². The Balaban J connectivity index is 4.75. The van der Waals surface area contributed by atoms with Gasteiger partial charge in [-0.05, 0) is 32.3 Å². The first-order valence-electron chi connectivity index (χ1n) is 5.00. The minimum Gasteiger partial charge on any atom is -0.262 e. The van der Waals surface area contributed by atoms with Crippen molar-refractivity contribution in [2.24, 2.45) is 10.9 Å². The van der Waals surface area contributed by atoms with Crippen LogP contribution in [0.5, 0.6) is 0 Å². The van der Waals surface area contributed by atoms with Crippen LogP contribution < -0.4 is 0 Å². The van der Waals surface area contributed by atoms with Gasteiger partial charge in [0.05, 0.1) is 0 Å². The summed E-state index contributed by atoms with van der Waals surface area (Å²) in [5.74, 6) is 0.515. The lowest BCUT2D eigenvalue weighted by Gasteiger charge is -2.05. The lowest BCUT2D eigenvalue weighted by atomic mass is 10.1. The van der Waals surface area contributed by atoms with Crippen LogP contribution in [0.2, 0.25) is 0 Å². The summed E-state index contributed by atoms with van der Waals surface area (Å²) in [6, 6.07) is 0. The fourth-order valence-electron chi connectivity index (χ4n) is 0.815. The lowest BCUT2D eigenvalue weighted by Crippen LogP contribution is -2.01. The Hall–Kier alpha value is -1.11. The average molecular weight is 191 g/mol. The molecule has 0 aromatic rings. The van der Waals surface area contributed by atoms with E-state index in [2.05, 4.69) is 39.3 Å². The average Bonchev–Trinajstić information content (AvgIpc) is 2.13. The molecule has 0 saturated carbocycles. The number of allylic oxidation sites excluding steroid dienone is 5. The van der Waals surface area contributed by atoms with Gasteiger partial charge in [-0.15, -0.1) is 0 Å². The molecule has 0 radical (unpaired) electrons. The molecule has 78 valence electrons. The third-order valence-corrected chi connectivity index (χ3v) is 2.23. The molecule has 0 aromatic carbocycles. The van der Waals surface area contributed by atoms with Crippen LogP contribution in [-0.4, -0.2) is 5.71 Å². The highest BCUT2D eigenvalue weighted by Gasteiger charge is 1.98. The van der Waals surface area contributed by atoms with Crippen molar-refractivity contribution < 1.29 is 0 Å².